The minimum absolute atomic E-state index is 0.00657. The van der Waals surface area contributed by atoms with Crippen LogP contribution in [0.3, 0.4) is 0 Å². The van der Waals surface area contributed by atoms with Gasteiger partial charge in [0, 0.05) is 29.3 Å². The minimum Gasteiger partial charge on any atom is -0.495 e. The Morgan fingerprint density at radius 3 is 2.74 bits per heavy atom. The molecule has 0 saturated carbocycles. The van der Waals surface area contributed by atoms with Crippen molar-refractivity contribution in [3.05, 3.63) is 52.3 Å². The molecule has 0 aromatic heterocycles. The van der Waals surface area contributed by atoms with E-state index in [1.54, 1.807) is 4.90 Å². The molecule has 2 aliphatic heterocycles. The van der Waals surface area contributed by atoms with Crippen molar-refractivity contribution in [2.45, 2.75) is 37.1 Å². The van der Waals surface area contributed by atoms with Gasteiger partial charge in [-0.3, -0.25) is 4.79 Å². The lowest BCUT2D eigenvalue weighted by atomic mass is 9.97. The maximum absolute atomic E-state index is 13.8. The van der Waals surface area contributed by atoms with Crippen LogP contribution in [-0.4, -0.2) is 44.9 Å². The lowest BCUT2D eigenvalue weighted by molar-refractivity contribution is -0.123. The average molecular weight is 511 g/mol. The summed E-state index contributed by atoms with van der Waals surface area (Å²) < 4.78 is 47.7. The highest BCUT2D eigenvalue weighted by Crippen LogP contribution is 2.37. The molecule has 2 aliphatic rings. The second-order valence-corrected chi connectivity index (χ2v) is 10.9. The number of methoxy groups -OCH3 is 1. The summed E-state index contributed by atoms with van der Waals surface area (Å²) in [7, 11) is -2.66. The first-order valence-electron chi connectivity index (χ1n) is 10.2. The fourth-order valence-corrected chi connectivity index (χ4v) is 6.59. The van der Waals surface area contributed by atoms with Gasteiger partial charge in [-0.25, -0.2) is 12.8 Å². The van der Waals surface area contributed by atoms with Gasteiger partial charge in [0.2, 0.25) is 15.9 Å². The SMILES string of the molecule is COc1ccc(F)cc1S(=O)(=O)N1CCC[C@H](C(=O)N2c3ccc(Br)cc3C[C@@H]2C)C1. The summed E-state index contributed by atoms with van der Waals surface area (Å²) in [5.41, 5.74) is 1.98. The molecule has 0 aliphatic carbocycles. The van der Waals surface area contributed by atoms with Crippen LogP contribution in [0.5, 0.6) is 5.75 Å². The highest BCUT2D eigenvalue weighted by Gasteiger charge is 2.39. The molecule has 0 radical (unpaired) electrons. The minimum atomic E-state index is -4.01. The number of piperidine rings is 1. The maximum atomic E-state index is 13.8. The Bertz CT molecular complexity index is 1120. The van der Waals surface area contributed by atoms with Crippen LogP contribution >= 0.6 is 15.9 Å². The quantitative estimate of drug-likeness (QED) is 0.623. The fourth-order valence-electron chi connectivity index (χ4n) is 4.49. The van der Waals surface area contributed by atoms with E-state index in [0.717, 1.165) is 34.3 Å². The summed E-state index contributed by atoms with van der Waals surface area (Å²) in [6.07, 6.45) is 1.93. The van der Waals surface area contributed by atoms with E-state index in [-0.39, 0.29) is 35.7 Å². The van der Waals surface area contributed by atoms with Crippen LogP contribution in [0.1, 0.15) is 25.3 Å². The van der Waals surface area contributed by atoms with Crippen LogP contribution in [0.25, 0.3) is 0 Å². The van der Waals surface area contributed by atoms with Gasteiger partial charge in [0.1, 0.15) is 16.5 Å². The van der Waals surface area contributed by atoms with Crippen molar-refractivity contribution < 1.29 is 22.3 Å². The largest absolute Gasteiger partial charge is 0.495 e. The van der Waals surface area contributed by atoms with Crippen LogP contribution in [0.15, 0.2) is 45.8 Å². The lowest BCUT2D eigenvalue weighted by Crippen LogP contribution is -2.48. The summed E-state index contributed by atoms with van der Waals surface area (Å²) in [4.78, 5) is 15.0. The molecule has 1 amide bonds. The molecule has 2 aromatic carbocycles. The summed E-state index contributed by atoms with van der Waals surface area (Å²) in [6, 6.07) is 9.29. The van der Waals surface area contributed by atoms with E-state index in [9.17, 15) is 17.6 Å². The molecular formula is C22H24BrFN2O4S. The number of carbonyl (C=O) groups excluding carboxylic acids is 1. The van der Waals surface area contributed by atoms with Crippen molar-refractivity contribution >= 4 is 37.5 Å². The number of nitrogens with zero attached hydrogens (tertiary/aromatic N) is 2. The molecule has 4 rings (SSSR count). The Morgan fingerprint density at radius 2 is 2.00 bits per heavy atom. The summed E-state index contributed by atoms with van der Waals surface area (Å²) in [5.74, 6) is -1.10. The molecule has 1 fully saturated rings. The Morgan fingerprint density at radius 1 is 1.23 bits per heavy atom. The van der Waals surface area contributed by atoms with E-state index in [4.69, 9.17) is 4.74 Å². The topological polar surface area (TPSA) is 66.9 Å². The Kier molecular flexibility index (Phi) is 6.11. The van der Waals surface area contributed by atoms with Crippen LogP contribution in [0.2, 0.25) is 0 Å². The molecule has 2 heterocycles. The molecule has 0 spiro atoms. The van der Waals surface area contributed by atoms with Gasteiger partial charge in [0.25, 0.3) is 0 Å². The number of amides is 1. The number of rotatable bonds is 4. The van der Waals surface area contributed by atoms with Crippen LogP contribution in [-0.2, 0) is 21.2 Å². The number of hydrogen-bond acceptors (Lipinski definition) is 4. The van der Waals surface area contributed by atoms with Crippen LogP contribution < -0.4 is 9.64 Å². The predicted octanol–water partition coefficient (Wildman–Crippen LogP) is 3.98. The van der Waals surface area contributed by atoms with Gasteiger partial charge >= 0.3 is 0 Å². The third kappa shape index (κ3) is 4.10. The van der Waals surface area contributed by atoms with E-state index in [2.05, 4.69) is 15.9 Å². The molecular weight excluding hydrogens is 487 g/mol. The standard InChI is InChI=1S/C22H24BrFN2O4S/c1-14-10-16-11-17(23)5-7-19(16)26(14)22(27)15-4-3-9-25(13-15)31(28,29)21-12-18(24)6-8-20(21)30-2/h5-8,11-12,14-15H,3-4,9-10,13H2,1-2H3/t14-,15-/m0/s1. The van der Waals surface area contributed by atoms with Gasteiger partial charge in [0.05, 0.1) is 13.0 Å². The number of sulfonamides is 1. The van der Waals surface area contributed by atoms with E-state index < -0.39 is 21.8 Å². The molecule has 2 aromatic rings. The number of ether oxygens (including phenoxy) is 1. The molecule has 6 nitrogen and oxygen atoms in total. The van der Waals surface area contributed by atoms with Gasteiger partial charge in [-0.15, -0.1) is 0 Å². The fraction of sp³-hybridized carbons (Fsp3) is 0.409. The van der Waals surface area contributed by atoms with Gasteiger partial charge < -0.3 is 9.64 Å². The van der Waals surface area contributed by atoms with E-state index in [1.165, 1.54) is 17.5 Å². The van der Waals surface area contributed by atoms with Crippen molar-refractivity contribution in [2.24, 2.45) is 5.92 Å². The number of hydrogen-bond donors (Lipinski definition) is 0. The second-order valence-electron chi connectivity index (χ2n) is 8.03. The van der Waals surface area contributed by atoms with Gasteiger partial charge in [-0.2, -0.15) is 4.31 Å². The van der Waals surface area contributed by atoms with E-state index >= 15 is 0 Å². The number of fused-ring (bicyclic) bond motifs is 1. The first-order chi connectivity index (χ1) is 14.7. The molecule has 166 valence electrons. The summed E-state index contributed by atoms with van der Waals surface area (Å²) >= 11 is 3.47. The Balaban J connectivity index is 1.60. The number of carbonyl (C=O) groups is 1. The average Bonchev–Trinajstić information content (AvgIpc) is 3.07. The molecule has 2 atom stereocenters. The third-order valence-corrected chi connectivity index (χ3v) is 8.35. The first-order valence-corrected chi connectivity index (χ1v) is 12.4. The maximum Gasteiger partial charge on any atom is 0.246 e. The van der Waals surface area contributed by atoms with E-state index in [1.807, 2.05) is 25.1 Å². The van der Waals surface area contributed by atoms with Gasteiger partial charge in [0.15, 0.2) is 0 Å². The molecule has 0 N–H and O–H groups in total. The Labute approximate surface area is 190 Å². The zero-order chi connectivity index (χ0) is 22.3. The van der Waals surface area contributed by atoms with E-state index in [0.29, 0.717) is 12.8 Å². The summed E-state index contributed by atoms with van der Waals surface area (Å²) in [6.45, 7) is 2.35. The van der Waals surface area contributed by atoms with Crippen molar-refractivity contribution in [1.29, 1.82) is 0 Å². The highest BCUT2D eigenvalue weighted by atomic mass is 79.9. The predicted molar refractivity (Wildman–Crippen MR) is 119 cm³/mol. The number of benzene rings is 2. The van der Waals surface area contributed by atoms with Crippen LogP contribution in [0, 0.1) is 11.7 Å². The third-order valence-electron chi connectivity index (χ3n) is 5.97. The van der Waals surface area contributed by atoms with Crippen LogP contribution in [0.4, 0.5) is 10.1 Å². The zero-order valence-corrected chi connectivity index (χ0v) is 19.7. The molecule has 1 saturated heterocycles. The number of anilines is 1. The Hall–Kier alpha value is -1.97. The summed E-state index contributed by atoms with van der Waals surface area (Å²) in [5, 5.41) is 0. The number of halogens is 2. The first kappa shape index (κ1) is 22.2. The van der Waals surface area contributed by atoms with Crippen molar-refractivity contribution in [3.8, 4) is 5.75 Å². The van der Waals surface area contributed by atoms with Gasteiger partial charge in [-0.1, -0.05) is 15.9 Å². The molecule has 0 bridgehead atoms. The van der Waals surface area contributed by atoms with Gasteiger partial charge in [-0.05, 0) is 68.1 Å². The smallest absolute Gasteiger partial charge is 0.246 e. The molecule has 0 unspecified atom stereocenters. The highest BCUT2D eigenvalue weighted by molar-refractivity contribution is 9.10. The molecule has 31 heavy (non-hydrogen) atoms. The van der Waals surface area contributed by atoms with Crippen molar-refractivity contribution in [2.75, 3.05) is 25.1 Å². The lowest BCUT2D eigenvalue weighted by Gasteiger charge is -2.34. The molecule has 9 heteroatoms. The normalized spacial score (nSPS) is 21.7. The zero-order valence-electron chi connectivity index (χ0n) is 17.3. The van der Waals surface area contributed by atoms with Crippen molar-refractivity contribution in [3.63, 3.8) is 0 Å². The monoisotopic (exact) mass is 510 g/mol. The second kappa shape index (κ2) is 8.52. The van der Waals surface area contributed by atoms with Crippen molar-refractivity contribution in [1.82, 2.24) is 4.31 Å².